The van der Waals surface area contributed by atoms with Crippen LogP contribution in [0.1, 0.15) is 12.0 Å². The van der Waals surface area contributed by atoms with Crippen LogP contribution in [0.4, 0.5) is 8.78 Å². The molecule has 6 heteroatoms. The average Bonchev–Trinajstić information content (AvgIpc) is 2.36. The summed E-state index contributed by atoms with van der Waals surface area (Å²) in [4.78, 5) is 12.6. The van der Waals surface area contributed by atoms with E-state index in [1.807, 2.05) is 4.90 Å². The molecule has 104 valence electrons. The number of carboxylic acids is 1. The Morgan fingerprint density at radius 3 is 3.00 bits per heavy atom. The third kappa shape index (κ3) is 3.48. The van der Waals surface area contributed by atoms with Crippen molar-refractivity contribution in [3.8, 4) is 0 Å². The van der Waals surface area contributed by atoms with Gasteiger partial charge >= 0.3 is 5.97 Å². The topological polar surface area (TPSA) is 49.8 Å². The Kier molecular flexibility index (Phi) is 4.44. The van der Waals surface area contributed by atoms with E-state index in [-0.39, 0.29) is 24.6 Å². The second kappa shape index (κ2) is 6.08. The fourth-order valence-electron chi connectivity index (χ4n) is 2.18. The fraction of sp³-hybridized carbons (Fsp3) is 0.462. The lowest BCUT2D eigenvalue weighted by Gasteiger charge is -2.34. The monoisotopic (exact) mass is 271 g/mol. The maximum absolute atomic E-state index is 13.6. The Balaban J connectivity index is 2.10. The van der Waals surface area contributed by atoms with Crippen molar-refractivity contribution in [3.63, 3.8) is 0 Å². The third-order valence-corrected chi connectivity index (χ3v) is 3.16. The van der Waals surface area contributed by atoms with E-state index in [1.165, 1.54) is 12.1 Å². The molecule has 1 aliphatic rings. The summed E-state index contributed by atoms with van der Waals surface area (Å²) >= 11 is 0. The van der Waals surface area contributed by atoms with Crippen LogP contribution in [0.25, 0.3) is 0 Å². The highest BCUT2D eigenvalue weighted by molar-refractivity contribution is 5.67. The number of halogens is 2. The number of rotatable bonds is 4. The zero-order chi connectivity index (χ0) is 13.8. The molecule has 1 atom stereocenters. The number of hydrogen-bond acceptors (Lipinski definition) is 3. The highest BCUT2D eigenvalue weighted by atomic mass is 19.2. The zero-order valence-electron chi connectivity index (χ0n) is 10.3. The van der Waals surface area contributed by atoms with Gasteiger partial charge in [0, 0.05) is 24.7 Å². The number of hydrogen-bond donors (Lipinski definition) is 1. The number of ether oxygens (including phenoxy) is 1. The molecule has 0 bridgehead atoms. The molecule has 0 spiro atoms. The molecule has 2 rings (SSSR count). The van der Waals surface area contributed by atoms with Gasteiger partial charge in [-0.05, 0) is 6.07 Å². The zero-order valence-corrected chi connectivity index (χ0v) is 10.3. The van der Waals surface area contributed by atoms with Crippen LogP contribution in [0.15, 0.2) is 18.2 Å². The smallest absolute Gasteiger partial charge is 0.305 e. The van der Waals surface area contributed by atoms with Crippen molar-refractivity contribution in [1.29, 1.82) is 0 Å². The molecule has 4 nitrogen and oxygen atoms in total. The standard InChI is InChI=1S/C13H15F2NO3/c14-11-3-1-2-9(13(11)15)7-16-4-5-19-8-10(16)6-12(17)18/h1-3,10H,4-8H2,(H,17,18). The van der Waals surface area contributed by atoms with Crippen LogP contribution in [0.5, 0.6) is 0 Å². The van der Waals surface area contributed by atoms with Crippen LogP contribution >= 0.6 is 0 Å². The summed E-state index contributed by atoms with van der Waals surface area (Å²) in [6, 6.07) is 3.70. The van der Waals surface area contributed by atoms with Gasteiger partial charge in [-0.3, -0.25) is 9.69 Å². The maximum atomic E-state index is 13.6. The molecule has 0 saturated carbocycles. The molecule has 19 heavy (non-hydrogen) atoms. The van der Waals surface area contributed by atoms with Crippen molar-refractivity contribution in [1.82, 2.24) is 4.90 Å². The Morgan fingerprint density at radius 2 is 2.26 bits per heavy atom. The van der Waals surface area contributed by atoms with Gasteiger partial charge in [0.25, 0.3) is 0 Å². The first-order valence-corrected chi connectivity index (χ1v) is 6.04. The van der Waals surface area contributed by atoms with E-state index in [4.69, 9.17) is 9.84 Å². The van der Waals surface area contributed by atoms with Crippen molar-refractivity contribution < 1.29 is 23.4 Å². The van der Waals surface area contributed by atoms with Crippen molar-refractivity contribution in [3.05, 3.63) is 35.4 Å². The maximum Gasteiger partial charge on any atom is 0.305 e. The Bertz CT molecular complexity index is 467. The minimum absolute atomic E-state index is 0.0725. The van der Waals surface area contributed by atoms with E-state index in [0.29, 0.717) is 19.8 Å². The Labute approximate surface area is 109 Å². The van der Waals surface area contributed by atoms with Crippen LogP contribution in [-0.2, 0) is 16.1 Å². The van der Waals surface area contributed by atoms with Gasteiger partial charge in [-0.15, -0.1) is 0 Å². The second-order valence-corrected chi connectivity index (χ2v) is 4.51. The molecule has 1 N–H and O–H groups in total. The van der Waals surface area contributed by atoms with Crippen molar-refractivity contribution in [2.75, 3.05) is 19.8 Å². The molecule has 1 unspecified atom stereocenters. The van der Waals surface area contributed by atoms with Gasteiger partial charge in [0.1, 0.15) is 0 Å². The Hall–Kier alpha value is -1.53. The van der Waals surface area contributed by atoms with E-state index in [2.05, 4.69) is 0 Å². The van der Waals surface area contributed by atoms with Crippen molar-refractivity contribution >= 4 is 5.97 Å². The highest BCUT2D eigenvalue weighted by Gasteiger charge is 2.26. The molecular weight excluding hydrogens is 256 g/mol. The lowest BCUT2D eigenvalue weighted by molar-refractivity contribution is -0.140. The van der Waals surface area contributed by atoms with Gasteiger partial charge in [-0.1, -0.05) is 12.1 Å². The van der Waals surface area contributed by atoms with E-state index in [1.54, 1.807) is 0 Å². The van der Waals surface area contributed by atoms with E-state index in [9.17, 15) is 13.6 Å². The van der Waals surface area contributed by atoms with Crippen LogP contribution < -0.4 is 0 Å². The first kappa shape index (κ1) is 13.9. The second-order valence-electron chi connectivity index (χ2n) is 4.51. The van der Waals surface area contributed by atoms with Crippen LogP contribution in [0.2, 0.25) is 0 Å². The summed E-state index contributed by atoms with van der Waals surface area (Å²) in [7, 11) is 0. The highest BCUT2D eigenvalue weighted by Crippen LogP contribution is 2.18. The fourth-order valence-corrected chi connectivity index (χ4v) is 2.18. The average molecular weight is 271 g/mol. The van der Waals surface area contributed by atoms with Gasteiger partial charge in [0.05, 0.1) is 19.6 Å². The predicted octanol–water partition coefficient (Wildman–Crippen LogP) is 1.64. The SMILES string of the molecule is O=C(O)CC1COCCN1Cc1cccc(F)c1F. The number of carbonyl (C=O) groups is 1. The first-order valence-electron chi connectivity index (χ1n) is 6.04. The number of morpholine rings is 1. The van der Waals surface area contributed by atoms with E-state index in [0.717, 1.165) is 6.07 Å². The summed E-state index contributed by atoms with van der Waals surface area (Å²) in [5.74, 6) is -2.69. The van der Waals surface area contributed by atoms with Gasteiger partial charge in [-0.25, -0.2) is 8.78 Å². The largest absolute Gasteiger partial charge is 0.481 e. The van der Waals surface area contributed by atoms with Crippen LogP contribution in [0.3, 0.4) is 0 Å². The lowest BCUT2D eigenvalue weighted by atomic mass is 10.1. The third-order valence-electron chi connectivity index (χ3n) is 3.16. The molecule has 1 saturated heterocycles. The molecule has 1 fully saturated rings. The number of carboxylic acid groups (broad SMARTS) is 1. The predicted molar refractivity (Wildman–Crippen MR) is 63.6 cm³/mol. The minimum Gasteiger partial charge on any atom is -0.481 e. The van der Waals surface area contributed by atoms with Crippen LogP contribution in [-0.4, -0.2) is 41.8 Å². The molecule has 1 aromatic rings. The first-order chi connectivity index (χ1) is 9.08. The van der Waals surface area contributed by atoms with Gasteiger partial charge in [-0.2, -0.15) is 0 Å². The van der Waals surface area contributed by atoms with Crippen molar-refractivity contribution in [2.45, 2.75) is 19.0 Å². The molecule has 1 heterocycles. The van der Waals surface area contributed by atoms with E-state index >= 15 is 0 Å². The molecule has 0 radical (unpaired) electrons. The summed E-state index contributed by atoms with van der Waals surface area (Å²) < 4.78 is 32.0. The molecule has 0 aliphatic carbocycles. The molecule has 1 aromatic carbocycles. The van der Waals surface area contributed by atoms with Gasteiger partial charge in [0.2, 0.25) is 0 Å². The summed E-state index contributed by atoms with van der Waals surface area (Å²) in [5.41, 5.74) is 0.234. The van der Waals surface area contributed by atoms with Gasteiger partial charge < -0.3 is 9.84 Å². The number of nitrogens with zero attached hydrogens (tertiary/aromatic N) is 1. The summed E-state index contributed by atoms with van der Waals surface area (Å²) in [6.45, 7) is 1.45. The lowest BCUT2D eigenvalue weighted by Crippen LogP contribution is -2.46. The minimum atomic E-state index is -0.930. The normalized spacial score (nSPS) is 20.4. The number of aliphatic carboxylic acids is 1. The molecular formula is C13H15F2NO3. The van der Waals surface area contributed by atoms with Crippen LogP contribution in [0, 0.1) is 11.6 Å². The van der Waals surface area contributed by atoms with Crippen molar-refractivity contribution in [2.24, 2.45) is 0 Å². The molecule has 0 amide bonds. The quantitative estimate of drug-likeness (QED) is 0.904. The summed E-state index contributed by atoms with van der Waals surface area (Å²) in [5, 5.41) is 8.83. The molecule has 0 aromatic heterocycles. The number of benzene rings is 1. The Morgan fingerprint density at radius 1 is 1.47 bits per heavy atom. The van der Waals surface area contributed by atoms with E-state index < -0.39 is 17.6 Å². The molecule has 1 aliphatic heterocycles. The summed E-state index contributed by atoms with van der Waals surface area (Å²) in [6.07, 6.45) is -0.0725. The van der Waals surface area contributed by atoms with Gasteiger partial charge in [0.15, 0.2) is 11.6 Å².